The van der Waals surface area contributed by atoms with Gasteiger partial charge >= 0.3 is 0 Å². The molecule has 1 aliphatic heterocycles. The molecule has 0 spiro atoms. The van der Waals surface area contributed by atoms with Crippen LogP contribution >= 0.6 is 24.0 Å². The summed E-state index contributed by atoms with van der Waals surface area (Å²) in [6, 6.07) is 9.43. The smallest absolute Gasteiger partial charge is 0.191 e. The van der Waals surface area contributed by atoms with Crippen LogP contribution in [0.5, 0.6) is 0 Å². The Kier molecular flexibility index (Phi) is 9.77. The molecule has 0 unspecified atom stereocenters. The minimum Gasteiger partial charge on any atom is -0.354 e. The number of likely N-dealkylation sites (N-methyl/N-ethyl adjacent to an activating group) is 1. The van der Waals surface area contributed by atoms with Gasteiger partial charge in [-0.15, -0.1) is 24.0 Å². The number of halogens is 2. The van der Waals surface area contributed by atoms with Crippen LogP contribution in [0.15, 0.2) is 41.5 Å². The quantitative estimate of drug-likeness (QED) is 0.344. The molecule has 0 radical (unpaired) electrons. The lowest BCUT2D eigenvalue weighted by molar-refractivity contribution is 0.270. The van der Waals surface area contributed by atoms with Crippen LogP contribution in [-0.2, 0) is 13.1 Å². The molecule has 0 saturated carbocycles. The van der Waals surface area contributed by atoms with E-state index in [0.29, 0.717) is 24.6 Å². The van der Waals surface area contributed by atoms with Gasteiger partial charge in [-0.05, 0) is 48.4 Å². The summed E-state index contributed by atoms with van der Waals surface area (Å²) in [7, 11) is 1.73. The fraction of sp³-hybridized carbons (Fsp3) is 0.455. The molecule has 1 aliphatic rings. The lowest BCUT2D eigenvalue weighted by Gasteiger charge is -2.34. The number of guanidine groups is 1. The predicted octanol–water partition coefficient (Wildman–Crippen LogP) is 3.15. The average molecular weight is 526 g/mol. The number of aryl methyl sites for hydroxylation is 1. The first-order valence-corrected chi connectivity index (χ1v) is 10.2. The summed E-state index contributed by atoms with van der Waals surface area (Å²) >= 11 is 0. The van der Waals surface area contributed by atoms with E-state index in [1.165, 1.54) is 0 Å². The lowest BCUT2D eigenvalue weighted by atomic mass is 10.1. The van der Waals surface area contributed by atoms with Crippen molar-refractivity contribution in [1.29, 1.82) is 0 Å². The molecule has 1 saturated heterocycles. The first-order valence-electron chi connectivity index (χ1n) is 10.2. The number of aliphatic imine (C=N–C) groups is 1. The largest absolute Gasteiger partial charge is 0.354 e. The number of nitrogens with one attached hydrogen (secondary N) is 2. The van der Waals surface area contributed by atoms with Gasteiger partial charge in [0.15, 0.2) is 5.96 Å². The number of hydrogen-bond acceptors (Lipinski definition) is 4. The van der Waals surface area contributed by atoms with E-state index in [1.807, 2.05) is 18.3 Å². The summed E-state index contributed by atoms with van der Waals surface area (Å²) < 4.78 is 13.7. The van der Waals surface area contributed by atoms with Crippen LogP contribution in [0.3, 0.4) is 0 Å². The van der Waals surface area contributed by atoms with Gasteiger partial charge in [-0.25, -0.2) is 9.37 Å². The van der Waals surface area contributed by atoms with E-state index in [4.69, 9.17) is 0 Å². The summed E-state index contributed by atoms with van der Waals surface area (Å²) in [5.74, 6) is 1.52. The first kappa shape index (κ1) is 24.3. The van der Waals surface area contributed by atoms with Crippen LogP contribution in [-0.4, -0.2) is 55.6 Å². The van der Waals surface area contributed by atoms with Crippen molar-refractivity contribution in [3.05, 3.63) is 59.0 Å². The molecule has 3 rings (SSSR count). The maximum atomic E-state index is 13.7. The maximum absolute atomic E-state index is 13.7. The highest BCUT2D eigenvalue weighted by Gasteiger charge is 2.16. The molecular formula is C22H32FIN6. The molecule has 2 heterocycles. The number of rotatable bonds is 6. The maximum Gasteiger partial charge on any atom is 0.191 e. The number of piperazine rings is 1. The van der Waals surface area contributed by atoms with Gasteiger partial charge in [-0.2, -0.15) is 0 Å². The first-order chi connectivity index (χ1) is 14.1. The predicted molar refractivity (Wildman–Crippen MR) is 132 cm³/mol. The minimum atomic E-state index is -0.184. The third-order valence-electron chi connectivity index (χ3n) is 5.33. The number of anilines is 1. The molecule has 0 bridgehead atoms. The van der Waals surface area contributed by atoms with Crippen molar-refractivity contribution >= 4 is 35.8 Å². The van der Waals surface area contributed by atoms with E-state index in [9.17, 15) is 4.39 Å². The van der Waals surface area contributed by atoms with E-state index in [-0.39, 0.29) is 29.8 Å². The highest BCUT2D eigenvalue weighted by atomic mass is 127. The molecule has 1 aromatic heterocycles. The molecule has 0 aliphatic carbocycles. The Hall–Kier alpha value is -1.94. The Morgan fingerprint density at radius 2 is 1.73 bits per heavy atom. The fourth-order valence-electron chi connectivity index (χ4n) is 3.38. The highest BCUT2D eigenvalue weighted by Crippen LogP contribution is 2.15. The Bertz CT molecular complexity index is 836. The van der Waals surface area contributed by atoms with Crippen molar-refractivity contribution in [2.24, 2.45) is 4.99 Å². The van der Waals surface area contributed by atoms with Crippen molar-refractivity contribution in [3.63, 3.8) is 0 Å². The van der Waals surface area contributed by atoms with E-state index in [0.717, 1.165) is 49.7 Å². The van der Waals surface area contributed by atoms with Crippen molar-refractivity contribution in [3.8, 4) is 0 Å². The molecule has 6 nitrogen and oxygen atoms in total. The Labute approximate surface area is 196 Å². The van der Waals surface area contributed by atoms with E-state index in [2.05, 4.69) is 43.4 Å². The van der Waals surface area contributed by atoms with Crippen LogP contribution in [0.25, 0.3) is 0 Å². The Balaban J connectivity index is 0.00000320. The number of nitrogens with zero attached hydrogens (tertiary/aromatic N) is 4. The van der Waals surface area contributed by atoms with Gasteiger partial charge in [0, 0.05) is 52.5 Å². The fourth-order valence-corrected chi connectivity index (χ4v) is 3.38. The second-order valence-electron chi connectivity index (χ2n) is 7.31. The summed E-state index contributed by atoms with van der Waals surface area (Å²) in [6.45, 7) is 10.4. The summed E-state index contributed by atoms with van der Waals surface area (Å²) in [5, 5.41) is 6.55. The summed E-state index contributed by atoms with van der Waals surface area (Å²) in [6.07, 6.45) is 1.86. The topological polar surface area (TPSA) is 55.8 Å². The Morgan fingerprint density at radius 3 is 2.33 bits per heavy atom. The van der Waals surface area contributed by atoms with E-state index >= 15 is 0 Å². The van der Waals surface area contributed by atoms with Crippen molar-refractivity contribution in [2.45, 2.75) is 26.9 Å². The van der Waals surface area contributed by atoms with Gasteiger partial charge in [0.25, 0.3) is 0 Å². The molecule has 1 aromatic carbocycles. The third-order valence-corrected chi connectivity index (χ3v) is 5.33. The van der Waals surface area contributed by atoms with Crippen LogP contribution in [0.2, 0.25) is 0 Å². The van der Waals surface area contributed by atoms with Crippen molar-refractivity contribution < 1.29 is 4.39 Å². The zero-order valence-corrected chi connectivity index (χ0v) is 20.3. The second-order valence-corrected chi connectivity index (χ2v) is 7.31. The normalized spacial score (nSPS) is 14.9. The monoisotopic (exact) mass is 526 g/mol. The molecule has 1 fully saturated rings. The zero-order chi connectivity index (χ0) is 20.6. The van der Waals surface area contributed by atoms with Crippen LogP contribution < -0.4 is 15.5 Å². The van der Waals surface area contributed by atoms with Gasteiger partial charge in [0.05, 0.1) is 0 Å². The standard InChI is InChI=1S/C22H31FN6.HI/c1-4-28-9-11-29(12-10-28)21-14-19(7-8-25-21)16-27-22(24-3)26-15-18-6-5-17(2)20(23)13-18;/h5-8,13-14H,4,9-12,15-16H2,1-3H3,(H2,24,26,27);1H. The second kappa shape index (κ2) is 12.0. The highest BCUT2D eigenvalue weighted by molar-refractivity contribution is 14.0. The van der Waals surface area contributed by atoms with Crippen LogP contribution in [0.1, 0.15) is 23.6 Å². The van der Waals surface area contributed by atoms with Gasteiger partial charge in [-0.1, -0.05) is 19.1 Å². The van der Waals surface area contributed by atoms with Gasteiger partial charge in [0.2, 0.25) is 0 Å². The van der Waals surface area contributed by atoms with Gasteiger partial charge in [0.1, 0.15) is 11.6 Å². The molecule has 2 aromatic rings. The molecule has 2 N–H and O–H groups in total. The third kappa shape index (κ3) is 6.80. The molecule has 30 heavy (non-hydrogen) atoms. The molecule has 8 heteroatoms. The molecule has 0 atom stereocenters. The average Bonchev–Trinajstić information content (AvgIpc) is 2.76. The Morgan fingerprint density at radius 1 is 1.07 bits per heavy atom. The van der Waals surface area contributed by atoms with Crippen LogP contribution in [0.4, 0.5) is 10.2 Å². The molecule has 164 valence electrons. The number of benzene rings is 1. The van der Waals surface area contributed by atoms with Crippen molar-refractivity contribution in [1.82, 2.24) is 20.5 Å². The number of hydrogen-bond donors (Lipinski definition) is 2. The van der Waals surface area contributed by atoms with Crippen molar-refractivity contribution in [2.75, 3.05) is 44.7 Å². The molecular weight excluding hydrogens is 494 g/mol. The number of pyridine rings is 1. The lowest BCUT2D eigenvalue weighted by Crippen LogP contribution is -2.46. The summed E-state index contributed by atoms with van der Waals surface area (Å²) in [5.41, 5.74) is 2.69. The van der Waals surface area contributed by atoms with E-state index in [1.54, 1.807) is 26.1 Å². The zero-order valence-electron chi connectivity index (χ0n) is 18.0. The minimum absolute atomic E-state index is 0. The van der Waals surface area contributed by atoms with Crippen LogP contribution in [0, 0.1) is 12.7 Å². The van der Waals surface area contributed by atoms with Gasteiger partial charge < -0.3 is 20.4 Å². The summed E-state index contributed by atoms with van der Waals surface area (Å²) in [4.78, 5) is 13.6. The van der Waals surface area contributed by atoms with E-state index < -0.39 is 0 Å². The SMILES string of the molecule is CCN1CCN(c2cc(CNC(=NC)NCc3ccc(C)c(F)c3)ccn2)CC1.I. The number of aromatic nitrogens is 1. The molecule has 0 amide bonds. The van der Waals surface area contributed by atoms with Gasteiger partial charge in [-0.3, -0.25) is 4.99 Å².